The summed E-state index contributed by atoms with van der Waals surface area (Å²) < 4.78 is 10.4. The summed E-state index contributed by atoms with van der Waals surface area (Å²) in [4.78, 5) is 26.5. The molecule has 1 aliphatic rings. The maximum absolute atomic E-state index is 13.1. The number of amides is 2. The number of hydrazone groups is 1. The maximum atomic E-state index is 13.1. The number of likely N-dealkylation sites (N-methyl/N-ethyl adjacent to an activating group) is 1. The van der Waals surface area contributed by atoms with Crippen molar-refractivity contribution in [3.05, 3.63) is 64.7 Å². The SMILES string of the molecule is COCC(=O)N(C)CC(=O)N1N=C(c2ccccc2Cl)C[C@H]1c1ccccc1OC. The van der Waals surface area contributed by atoms with Crippen LogP contribution in [0.2, 0.25) is 5.02 Å². The zero-order chi connectivity index (χ0) is 21.7. The minimum atomic E-state index is -0.370. The highest BCUT2D eigenvalue weighted by Gasteiger charge is 2.35. The summed E-state index contributed by atoms with van der Waals surface area (Å²) in [7, 11) is 4.59. The van der Waals surface area contributed by atoms with E-state index in [9.17, 15) is 9.59 Å². The van der Waals surface area contributed by atoms with E-state index < -0.39 is 0 Å². The van der Waals surface area contributed by atoms with Gasteiger partial charge in [0.05, 0.1) is 18.9 Å². The van der Waals surface area contributed by atoms with Crippen LogP contribution in [0.3, 0.4) is 0 Å². The zero-order valence-electron chi connectivity index (χ0n) is 17.2. The molecule has 0 spiro atoms. The molecule has 0 fully saturated rings. The van der Waals surface area contributed by atoms with E-state index in [4.69, 9.17) is 21.1 Å². The molecule has 2 amide bonds. The number of ether oxygens (including phenoxy) is 2. The number of hydrogen-bond acceptors (Lipinski definition) is 5. The number of rotatable bonds is 7. The van der Waals surface area contributed by atoms with Gasteiger partial charge in [-0.25, -0.2) is 5.01 Å². The van der Waals surface area contributed by atoms with Crippen molar-refractivity contribution in [2.75, 3.05) is 34.4 Å². The molecule has 2 aromatic rings. The number of carbonyl (C=O) groups is 2. The Morgan fingerprint density at radius 2 is 1.87 bits per heavy atom. The number of benzene rings is 2. The van der Waals surface area contributed by atoms with Gasteiger partial charge in [0.15, 0.2) is 0 Å². The minimum Gasteiger partial charge on any atom is -0.496 e. The Hall–Kier alpha value is -2.90. The molecule has 0 saturated heterocycles. The molecule has 0 saturated carbocycles. The van der Waals surface area contributed by atoms with Gasteiger partial charge < -0.3 is 14.4 Å². The second-order valence-electron chi connectivity index (χ2n) is 6.91. The van der Waals surface area contributed by atoms with Crippen LogP contribution in [0.15, 0.2) is 53.6 Å². The van der Waals surface area contributed by atoms with Crippen molar-refractivity contribution in [1.29, 1.82) is 0 Å². The summed E-state index contributed by atoms with van der Waals surface area (Å²) in [5, 5.41) is 6.59. The summed E-state index contributed by atoms with van der Waals surface area (Å²) in [6.45, 7) is -0.207. The second kappa shape index (κ2) is 9.73. The fourth-order valence-electron chi connectivity index (χ4n) is 3.38. The molecule has 0 N–H and O–H groups in total. The van der Waals surface area contributed by atoms with Crippen LogP contribution in [0.5, 0.6) is 5.75 Å². The number of carbonyl (C=O) groups excluding carboxylic acids is 2. The predicted molar refractivity (Wildman–Crippen MR) is 115 cm³/mol. The molecule has 0 bridgehead atoms. The van der Waals surface area contributed by atoms with Gasteiger partial charge in [0.1, 0.15) is 18.9 Å². The van der Waals surface area contributed by atoms with Gasteiger partial charge >= 0.3 is 0 Å². The van der Waals surface area contributed by atoms with E-state index in [1.54, 1.807) is 20.2 Å². The molecule has 7 nitrogen and oxygen atoms in total. The van der Waals surface area contributed by atoms with Gasteiger partial charge in [0.2, 0.25) is 5.91 Å². The Morgan fingerprint density at radius 1 is 1.17 bits per heavy atom. The van der Waals surface area contributed by atoms with E-state index in [1.807, 2.05) is 42.5 Å². The van der Waals surface area contributed by atoms with Crippen LogP contribution in [0, 0.1) is 0 Å². The van der Waals surface area contributed by atoms with Gasteiger partial charge in [-0.2, -0.15) is 5.10 Å². The summed E-state index contributed by atoms with van der Waals surface area (Å²) >= 11 is 6.37. The molecule has 2 aromatic carbocycles. The van der Waals surface area contributed by atoms with Crippen LogP contribution in [-0.4, -0.2) is 61.9 Å². The number of nitrogens with zero attached hydrogens (tertiary/aromatic N) is 3. The third-order valence-electron chi connectivity index (χ3n) is 4.91. The molecule has 0 aromatic heterocycles. The Balaban J connectivity index is 1.94. The molecule has 0 unspecified atom stereocenters. The van der Waals surface area contributed by atoms with Gasteiger partial charge in [-0.3, -0.25) is 9.59 Å². The predicted octanol–water partition coefficient (Wildman–Crippen LogP) is 3.13. The summed E-state index contributed by atoms with van der Waals surface area (Å²) in [6, 6.07) is 14.5. The maximum Gasteiger partial charge on any atom is 0.262 e. The molecule has 8 heteroatoms. The number of hydrogen-bond donors (Lipinski definition) is 0. The van der Waals surface area contributed by atoms with Crippen LogP contribution >= 0.6 is 11.6 Å². The monoisotopic (exact) mass is 429 g/mol. The average Bonchev–Trinajstić information content (AvgIpc) is 3.19. The van der Waals surface area contributed by atoms with Gasteiger partial charge in [0.25, 0.3) is 5.91 Å². The lowest BCUT2D eigenvalue weighted by molar-refractivity contribution is -0.142. The standard InChI is InChI=1S/C22H24ClN3O4/c1-25(22(28)14-29-2)13-21(27)26-19(16-9-5-7-11-20(16)30-3)12-18(24-26)15-8-4-6-10-17(15)23/h4-11,19H,12-14H2,1-3H3/t19-/m0/s1. The normalized spacial score (nSPS) is 15.7. The Labute approximate surface area is 180 Å². The van der Waals surface area contributed by atoms with Crippen molar-refractivity contribution >= 4 is 29.1 Å². The first-order valence-corrected chi connectivity index (χ1v) is 9.84. The molecule has 0 aliphatic carbocycles. The van der Waals surface area contributed by atoms with Crippen molar-refractivity contribution in [1.82, 2.24) is 9.91 Å². The lowest BCUT2D eigenvalue weighted by Gasteiger charge is -2.25. The van der Waals surface area contributed by atoms with Crippen LogP contribution < -0.4 is 4.74 Å². The summed E-state index contributed by atoms with van der Waals surface area (Å²) in [5.74, 6) is 0.0776. The van der Waals surface area contributed by atoms with Crippen LogP contribution in [0.4, 0.5) is 0 Å². The fourth-order valence-corrected chi connectivity index (χ4v) is 3.62. The minimum absolute atomic E-state index is 0.0894. The summed E-state index contributed by atoms with van der Waals surface area (Å²) in [6.07, 6.45) is 0.478. The Morgan fingerprint density at radius 3 is 2.57 bits per heavy atom. The van der Waals surface area contributed by atoms with Crippen molar-refractivity contribution in [3.8, 4) is 5.75 Å². The van der Waals surface area contributed by atoms with Crippen molar-refractivity contribution in [2.24, 2.45) is 5.10 Å². The van der Waals surface area contributed by atoms with Gasteiger partial charge in [0, 0.05) is 36.7 Å². The first kappa shape index (κ1) is 21.8. The Kier molecular flexibility index (Phi) is 7.07. The van der Waals surface area contributed by atoms with E-state index in [0.717, 1.165) is 11.1 Å². The third-order valence-corrected chi connectivity index (χ3v) is 5.24. The largest absolute Gasteiger partial charge is 0.496 e. The van der Waals surface area contributed by atoms with Crippen LogP contribution in [0.25, 0.3) is 0 Å². The molecule has 1 heterocycles. The van der Waals surface area contributed by atoms with E-state index in [2.05, 4.69) is 5.10 Å². The Bertz CT molecular complexity index is 963. The highest BCUT2D eigenvalue weighted by atomic mass is 35.5. The quantitative estimate of drug-likeness (QED) is 0.678. The van der Waals surface area contributed by atoms with Crippen molar-refractivity contribution in [3.63, 3.8) is 0 Å². The van der Waals surface area contributed by atoms with Crippen molar-refractivity contribution in [2.45, 2.75) is 12.5 Å². The highest BCUT2D eigenvalue weighted by Crippen LogP contribution is 2.38. The molecule has 158 valence electrons. The zero-order valence-corrected chi connectivity index (χ0v) is 17.9. The smallest absolute Gasteiger partial charge is 0.262 e. The average molecular weight is 430 g/mol. The van der Waals surface area contributed by atoms with E-state index in [0.29, 0.717) is 22.9 Å². The molecule has 1 aliphatic heterocycles. The second-order valence-corrected chi connectivity index (χ2v) is 7.32. The highest BCUT2D eigenvalue weighted by molar-refractivity contribution is 6.34. The first-order valence-electron chi connectivity index (χ1n) is 9.46. The molecular weight excluding hydrogens is 406 g/mol. The van der Waals surface area contributed by atoms with E-state index in [1.165, 1.54) is 17.0 Å². The van der Waals surface area contributed by atoms with E-state index >= 15 is 0 Å². The number of halogens is 1. The number of methoxy groups -OCH3 is 2. The topological polar surface area (TPSA) is 71.4 Å². The first-order chi connectivity index (χ1) is 14.5. The van der Waals surface area contributed by atoms with Gasteiger partial charge in [-0.05, 0) is 12.1 Å². The molecule has 30 heavy (non-hydrogen) atoms. The van der Waals surface area contributed by atoms with Crippen molar-refractivity contribution < 1.29 is 19.1 Å². The van der Waals surface area contributed by atoms with Gasteiger partial charge in [-0.1, -0.05) is 48.0 Å². The lowest BCUT2D eigenvalue weighted by Crippen LogP contribution is -2.40. The molecule has 0 radical (unpaired) electrons. The van der Waals surface area contributed by atoms with Crippen LogP contribution in [0.1, 0.15) is 23.6 Å². The third kappa shape index (κ3) is 4.63. The van der Waals surface area contributed by atoms with Gasteiger partial charge in [-0.15, -0.1) is 0 Å². The fraction of sp³-hybridized carbons (Fsp3) is 0.318. The molecule has 3 rings (SSSR count). The lowest BCUT2D eigenvalue weighted by atomic mass is 9.97. The van der Waals surface area contributed by atoms with Crippen LogP contribution in [-0.2, 0) is 14.3 Å². The molecule has 1 atom stereocenters. The molecular formula is C22H24ClN3O4. The summed E-state index contributed by atoms with van der Waals surface area (Å²) in [5.41, 5.74) is 2.32. The van der Waals surface area contributed by atoms with E-state index in [-0.39, 0.29) is 31.0 Å². The number of para-hydroxylation sites is 1.